The van der Waals surface area contributed by atoms with Gasteiger partial charge in [-0.15, -0.1) is 23.7 Å². The predicted molar refractivity (Wildman–Crippen MR) is 116 cm³/mol. The second kappa shape index (κ2) is 6.68. The minimum Gasteiger partial charge on any atom is -0.507 e. The van der Waals surface area contributed by atoms with E-state index in [0.29, 0.717) is 4.70 Å². The van der Waals surface area contributed by atoms with Gasteiger partial charge in [-0.2, -0.15) is 0 Å². The Kier molecular flexibility index (Phi) is 4.80. The van der Waals surface area contributed by atoms with E-state index in [4.69, 9.17) is 5.73 Å². The Morgan fingerprint density at radius 1 is 1.15 bits per heavy atom. The molecule has 0 radical (unpaired) electrons. The van der Waals surface area contributed by atoms with E-state index in [2.05, 4.69) is 4.98 Å². The maximum atomic E-state index is 12.4. The number of phenolic OH excluding ortho intramolecular Hbond substituents is 1. The Morgan fingerprint density at radius 3 is 2.44 bits per heavy atom. The van der Waals surface area contributed by atoms with Gasteiger partial charge in [0, 0.05) is 21.9 Å². The summed E-state index contributed by atoms with van der Waals surface area (Å²) in [7, 11) is 0. The first-order valence-corrected chi connectivity index (χ1v) is 9.31. The quantitative estimate of drug-likeness (QED) is 0.441. The Morgan fingerprint density at radius 2 is 1.81 bits per heavy atom. The molecule has 0 saturated heterocycles. The lowest BCUT2D eigenvalue weighted by molar-refractivity contribution is 0.477. The molecule has 4 aromatic rings. The summed E-state index contributed by atoms with van der Waals surface area (Å²) >= 11 is 1.41. The average molecular weight is 401 g/mol. The fraction of sp³-hybridized carbons (Fsp3) is 0.190. The third-order valence-corrected chi connectivity index (χ3v) is 5.71. The van der Waals surface area contributed by atoms with Crippen molar-refractivity contribution in [3.05, 3.63) is 63.3 Å². The van der Waals surface area contributed by atoms with E-state index in [1.165, 1.54) is 11.3 Å². The van der Waals surface area contributed by atoms with E-state index >= 15 is 0 Å². The fourth-order valence-corrected chi connectivity index (χ4v) is 4.24. The van der Waals surface area contributed by atoms with E-state index in [-0.39, 0.29) is 23.7 Å². The number of aromatic hydroxyl groups is 1. The number of aromatic nitrogens is 1. The Balaban J connectivity index is 0.00000210. The van der Waals surface area contributed by atoms with Gasteiger partial charge in [0.1, 0.15) is 10.4 Å². The van der Waals surface area contributed by atoms with Gasteiger partial charge in [-0.1, -0.05) is 24.3 Å². The highest BCUT2D eigenvalue weighted by atomic mass is 35.5. The van der Waals surface area contributed by atoms with Crippen LogP contribution < -0.4 is 11.3 Å². The summed E-state index contributed by atoms with van der Waals surface area (Å²) in [4.78, 5) is 15.4. The lowest BCUT2D eigenvalue weighted by Crippen LogP contribution is -2.28. The summed E-state index contributed by atoms with van der Waals surface area (Å²) in [6, 6.07) is 11.5. The van der Waals surface area contributed by atoms with Gasteiger partial charge >= 0.3 is 0 Å². The molecule has 0 aliphatic rings. The molecule has 2 aromatic carbocycles. The van der Waals surface area contributed by atoms with Crippen molar-refractivity contribution in [3.8, 4) is 16.9 Å². The van der Waals surface area contributed by atoms with Crippen molar-refractivity contribution in [2.45, 2.75) is 26.3 Å². The number of H-pyrrole nitrogens is 1. The molecule has 0 saturated carbocycles. The molecule has 140 valence electrons. The molecule has 0 aliphatic heterocycles. The highest BCUT2D eigenvalue weighted by Crippen LogP contribution is 2.41. The topological polar surface area (TPSA) is 79.1 Å². The number of nitrogens with one attached hydrogen (secondary N) is 1. The van der Waals surface area contributed by atoms with Crippen LogP contribution in [0, 0.1) is 6.92 Å². The number of rotatable bonds is 2. The summed E-state index contributed by atoms with van der Waals surface area (Å²) in [5, 5.41) is 14.4. The number of halogens is 1. The van der Waals surface area contributed by atoms with Crippen LogP contribution >= 0.6 is 23.7 Å². The normalized spacial score (nSPS) is 11.7. The minimum absolute atomic E-state index is 0. The van der Waals surface area contributed by atoms with Crippen LogP contribution in [0.4, 0.5) is 0 Å². The first kappa shape index (κ1) is 19.4. The number of hydrogen-bond acceptors (Lipinski definition) is 4. The summed E-state index contributed by atoms with van der Waals surface area (Å²) in [6.07, 6.45) is 0. The van der Waals surface area contributed by atoms with E-state index in [0.717, 1.165) is 38.5 Å². The zero-order valence-electron chi connectivity index (χ0n) is 15.3. The molecule has 2 heterocycles. The molecule has 0 atom stereocenters. The van der Waals surface area contributed by atoms with Crippen LogP contribution in [-0.2, 0) is 5.54 Å². The molecule has 27 heavy (non-hydrogen) atoms. The van der Waals surface area contributed by atoms with Gasteiger partial charge in [0.2, 0.25) is 0 Å². The van der Waals surface area contributed by atoms with Crippen LogP contribution in [-0.4, -0.2) is 10.1 Å². The van der Waals surface area contributed by atoms with Crippen molar-refractivity contribution in [2.24, 2.45) is 5.73 Å². The van der Waals surface area contributed by atoms with Crippen molar-refractivity contribution in [1.29, 1.82) is 0 Å². The number of aryl methyl sites for hydroxylation is 1. The standard InChI is InChI=1S/C21H20N2O2S.ClH/c1-11-10-15(24)16(12-4-6-13(7-5-12)21(2,3)22)17-14-8-9-26-19(14)20(25)23-18(11)17;/h4-10,24H,22H2,1-3H3,(H,23,25);1H. The molecule has 6 heteroatoms. The number of pyridine rings is 1. The number of phenols is 1. The van der Waals surface area contributed by atoms with E-state index in [1.807, 2.05) is 56.5 Å². The van der Waals surface area contributed by atoms with E-state index < -0.39 is 5.54 Å². The summed E-state index contributed by atoms with van der Waals surface area (Å²) in [6.45, 7) is 5.81. The molecule has 0 spiro atoms. The van der Waals surface area contributed by atoms with Gasteiger partial charge in [0.25, 0.3) is 5.56 Å². The van der Waals surface area contributed by atoms with Crippen LogP contribution in [0.1, 0.15) is 25.0 Å². The van der Waals surface area contributed by atoms with Gasteiger partial charge in [0.15, 0.2) is 0 Å². The average Bonchev–Trinajstić information content (AvgIpc) is 3.06. The van der Waals surface area contributed by atoms with Gasteiger partial charge in [-0.25, -0.2) is 0 Å². The van der Waals surface area contributed by atoms with Crippen LogP contribution in [0.25, 0.3) is 32.1 Å². The smallest absolute Gasteiger partial charge is 0.266 e. The first-order chi connectivity index (χ1) is 12.3. The summed E-state index contributed by atoms with van der Waals surface area (Å²) < 4.78 is 0.670. The van der Waals surface area contributed by atoms with E-state index in [1.54, 1.807) is 6.07 Å². The lowest BCUT2D eigenvalue weighted by atomic mass is 9.91. The zero-order valence-corrected chi connectivity index (χ0v) is 16.9. The molecule has 0 amide bonds. The van der Waals surface area contributed by atoms with Crippen molar-refractivity contribution in [2.75, 3.05) is 0 Å². The van der Waals surface area contributed by atoms with Crippen molar-refractivity contribution < 1.29 is 5.11 Å². The van der Waals surface area contributed by atoms with Crippen molar-refractivity contribution >= 4 is 44.7 Å². The number of nitrogens with two attached hydrogens (primary N) is 1. The van der Waals surface area contributed by atoms with Gasteiger partial charge in [-0.05, 0) is 55.0 Å². The SMILES string of the molecule is Cc1cc(O)c(-c2ccc(C(C)(C)N)cc2)c2c1[nH]c(=O)c1sccc12.Cl. The third kappa shape index (κ3) is 3.12. The second-order valence-corrected chi connectivity index (χ2v) is 8.17. The lowest BCUT2D eigenvalue weighted by Gasteiger charge is -2.20. The number of hydrogen-bond donors (Lipinski definition) is 3. The highest BCUT2D eigenvalue weighted by Gasteiger charge is 2.19. The largest absolute Gasteiger partial charge is 0.507 e. The molecule has 2 aromatic heterocycles. The zero-order chi connectivity index (χ0) is 18.6. The number of benzene rings is 2. The van der Waals surface area contributed by atoms with Crippen molar-refractivity contribution in [1.82, 2.24) is 4.98 Å². The maximum Gasteiger partial charge on any atom is 0.266 e. The van der Waals surface area contributed by atoms with Crippen LogP contribution in [0.5, 0.6) is 5.75 Å². The predicted octanol–water partition coefficient (Wildman–Crippen LogP) is 5.04. The number of thiophene rings is 1. The van der Waals surface area contributed by atoms with Crippen LogP contribution in [0.15, 0.2) is 46.6 Å². The highest BCUT2D eigenvalue weighted by molar-refractivity contribution is 7.17. The van der Waals surface area contributed by atoms with Crippen LogP contribution in [0.3, 0.4) is 0 Å². The molecule has 4 nitrogen and oxygen atoms in total. The minimum atomic E-state index is -0.429. The summed E-state index contributed by atoms with van der Waals surface area (Å²) in [5.74, 6) is 0.203. The van der Waals surface area contributed by atoms with Gasteiger partial charge in [-0.3, -0.25) is 4.79 Å². The third-order valence-electron chi connectivity index (χ3n) is 4.80. The van der Waals surface area contributed by atoms with Gasteiger partial charge in [0.05, 0.1) is 5.52 Å². The number of fused-ring (bicyclic) bond motifs is 3. The van der Waals surface area contributed by atoms with Crippen molar-refractivity contribution in [3.63, 3.8) is 0 Å². The Hall–Kier alpha value is -2.34. The van der Waals surface area contributed by atoms with E-state index in [9.17, 15) is 9.90 Å². The first-order valence-electron chi connectivity index (χ1n) is 8.43. The molecule has 0 aliphatic carbocycles. The summed E-state index contributed by atoms with van der Waals surface area (Å²) in [5.41, 5.74) is 9.89. The fourth-order valence-electron chi connectivity index (χ4n) is 3.44. The molecule has 0 unspecified atom stereocenters. The second-order valence-electron chi connectivity index (χ2n) is 7.25. The number of aromatic amines is 1. The molecule has 0 fully saturated rings. The molecule has 0 bridgehead atoms. The Labute approximate surface area is 167 Å². The molecular formula is C21H21ClN2O2S. The van der Waals surface area contributed by atoms with Gasteiger partial charge < -0.3 is 15.8 Å². The monoisotopic (exact) mass is 400 g/mol. The molecule has 4 N–H and O–H groups in total. The molecular weight excluding hydrogens is 380 g/mol. The van der Waals surface area contributed by atoms with Crippen LogP contribution in [0.2, 0.25) is 0 Å². The molecule has 4 rings (SSSR count). The maximum absolute atomic E-state index is 12.4. The Bertz CT molecular complexity index is 1200.